The molecule has 0 saturated heterocycles. The van der Waals surface area contributed by atoms with Crippen LogP contribution in [0.25, 0.3) is 0 Å². The van der Waals surface area contributed by atoms with Gasteiger partial charge in [0.1, 0.15) is 0 Å². The van der Waals surface area contributed by atoms with E-state index in [2.05, 4.69) is 16.7 Å². The summed E-state index contributed by atoms with van der Waals surface area (Å²) in [5.74, 6) is 0.514. The van der Waals surface area contributed by atoms with Crippen molar-refractivity contribution in [1.29, 1.82) is 5.26 Å². The van der Waals surface area contributed by atoms with Crippen LogP contribution in [0.3, 0.4) is 0 Å². The summed E-state index contributed by atoms with van der Waals surface area (Å²) >= 11 is 1.54. The van der Waals surface area contributed by atoms with Crippen molar-refractivity contribution in [2.45, 2.75) is 11.3 Å². The first-order chi connectivity index (χ1) is 7.79. The number of fused-ring (bicyclic) bond motifs is 1. The molecular formula is C11H11N3OS. The number of hydrogen-bond donors (Lipinski definition) is 2. The highest BCUT2D eigenvalue weighted by Gasteiger charge is 2.14. The van der Waals surface area contributed by atoms with Gasteiger partial charge in [0.05, 0.1) is 23.9 Å². The molecule has 1 heterocycles. The molecule has 2 rings (SSSR count). The Morgan fingerprint density at radius 2 is 2.44 bits per heavy atom. The minimum atomic E-state index is 0.0340. The number of hydrogen-bond acceptors (Lipinski definition) is 4. The third kappa shape index (κ3) is 2.47. The number of benzene rings is 1. The van der Waals surface area contributed by atoms with E-state index in [0.717, 1.165) is 16.3 Å². The first kappa shape index (κ1) is 10.8. The summed E-state index contributed by atoms with van der Waals surface area (Å²) in [6, 6.07) is 7.91. The molecule has 4 nitrogen and oxygen atoms in total. The molecule has 0 aromatic heterocycles. The first-order valence-electron chi connectivity index (χ1n) is 4.97. The number of rotatable bonds is 3. The third-order valence-corrected chi connectivity index (χ3v) is 3.25. The highest BCUT2D eigenvalue weighted by Crippen LogP contribution is 2.33. The van der Waals surface area contributed by atoms with Crippen molar-refractivity contribution >= 4 is 29.0 Å². The molecule has 0 bridgehead atoms. The second-order valence-electron chi connectivity index (χ2n) is 3.38. The lowest BCUT2D eigenvalue weighted by molar-refractivity contribution is -0.113. The van der Waals surface area contributed by atoms with E-state index < -0.39 is 0 Å². The number of nitrogens with one attached hydrogen (secondary N) is 2. The van der Waals surface area contributed by atoms with Gasteiger partial charge in [-0.25, -0.2) is 0 Å². The summed E-state index contributed by atoms with van der Waals surface area (Å²) in [4.78, 5) is 12.3. The van der Waals surface area contributed by atoms with Gasteiger partial charge in [0.2, 0.25) is 5.91 Å². The molecule has 0 fully saturated rings. The Kier molecular flexibility index (Phi) is 3.32. The van der Waals surface area contributed by atoms with Gasteiger partial charge >= 0.3 is 0 Å². The molecule has 2 N–H and O–H groups in total. The zero-order valence-electron chi connectivity index (χ0n) is 8.62. The highest BCUT2D eigenvalue weighted by atomic mass is 32.2. The van der Waals surface area contributed by atoms with E-state index in [1.807, 2.05) is 18.2 Å². The summed E-state index contributed by atoms with van der Waals surface area (Å²) in [6.45, 7) is 0.621. The molecule has 0 saturated carbocycles. The van der Waals surface area contributed by atoms with Gasteiger partial charge in [-0.05, 0) is 18.2 Å². The zero-order chi connectivity index (χ0) is 11.4. The fraction of sp³-hybridized carbons (Fsp3) is 0.273. The zero-order valence-corrected chi connectivity index (χ0v) is 9.43. The average Bonchev–Trinajstić information content (AvgIpc) is 2.29. The van der Waals surface area contributed by atoms with Gasteiger partial charge in [-0.2, -0.15) is 5.26 Å². The summed E-state index contributed by atoms with van der Waals surface area (Å²) in [7, 11) is 0. The van der Waals surface area contributed by atoms with E-state index >= 15 is 0 Å². The van der Waals surface area contributed by atoms with Crippen LogP contribution < -0.4 is 10.6 Å². The molecule has 0 unspecified atom stereocenters. The minimum absolute atomic E-state index is 0.0340. The van der Waals surface area contributed by atoms with Crippen LogP contribution in [0.15, 0.2) is 23.1 Å². The van der Waals surface area contributed by atoms with Gasteiger partial charge in [0, 0.05) is 17.1 Å². The van der Waals surface area contributed by atoms with Gasteiger partial charge < -0.3 is 10.6 Å². The summed E-state index contributed by atoms with van der Waals surface area (Å²) in [5, 5.41) is 14.4. The van der Waals surface area contributed by atoms with E-state index in [1.165, 1.54) is 0 Å². The van der Waals surface area contributed by atoms with Crippen LogP contribution in [0, 0.1) is 11.3 Å². The standard InChI is InChI=1S/C11H11N3OS/c12-4-1-5-13-8-2-3-10-9(6-8)14-11(15)7-16-10/h2-3,6,13H,1,5,7H2,(H,14,15). The van der Waals surface area contributed by atoms with Crippen molar-refractivity contribution in [3.8, 4) is 6.07 Å². The molecule has 0 spiro atoms. The highest BCUT2D eigenvalue weighted by molar-refractivity contribution is 8.00. The molecule has 82 valence electrons. The SMILES string of the molecule is N#CCCNc1ccc2c(c1)NC(=O)CS2. The molecular weight excluding hydrogens is 222 g/mol. The van der Waals surface area contributed by atoms with Gasteiger partial charge in [-0.15, -0.1) is 11.8 Å². The average molecular weight is 233 g/mol. The molecule has 1 amide bonds. The number of nitriles is 1. The van der Waals surface area contributed by atoms with Crippen LogP contribution in [-0.2, 0) is 4.79 Å². The van der Waals surface area contributed by atoms with Crippen molar-refractivity contribution in [2.24, 2.45) is 0 Å². The van der Waals surface area contributed by atoms with E-state index in [4.69, 9.17) is 5.26 Å². The summed E-state index contributed by atoms with van der Waals surface area (Å²) in [6.07, 6.45) is 0.470. The second-order valence-corrected chi connectivity index (χ2v) is 4.40. The number of carbonyl (C=O) groups is 1. The molecule has 1 aromatic rings. The maximum absolute atomic E-state index is 11.2. The number of carbonyl (C=O) groups excluding carboxylic acids is 1. The lowest BCUT2D eigenvalue weighted by atomic mass is 10.2. The molecule has 5 heteroatoms. The monoisotopic (exact) mass is 233 g/mol. The molecule has 16 heavy (non-hydrogen) atoms. The normalized spacial score (nSPS) is 13.6. The lowest BCUT2D eigenvalue weighted by Crippen LogP contribution is -2.18. The quantitative estimate of drug-likeness (QED) is 0.784. The third-order valence-electron chi connectivity index (χ3n) is 2.18. The maximum Gasteiger partial charge on any atom is 0.234 e. The second kappa shape index (κ2) is 4.90. The van der Waals surface area contributed by atoms with Crippen LogP contribution in [0.1, 0.15) is 6.42 Å². The van der Waals surface area contributed by atoms with Gasteiger partial charge in [-0.1, -0.05) is 0 Å². The van der Waals surface area contributed by atoms with Crippen LogP contribution >= 0.6 is 11.8 Å². The number of anilines is 2. The topological polar surface area (TPSA) is 64.9 Å². The van der Waals surface area contributed by atoms with Crippen molar-refractivity contribution in [3.05, 3.63) is 18.2 Å². The largest absolute Gasteiger partial charge is 0.384 e. The van der Waals surface area contributed by atoms with E-state index in [1.54, 1.807) is 11.8 Å². The maximum atomic E-state index is 11.2. The van der Waals surface area contributed by atoms with Gasteiger partial charge in [-0.3, -0.25) is 4.79 Å². The molecule has 0 aliphatic carbocycles. The fourth-order valence-electron chi connectivity index (χ4n) is 1.46. The van der Waals surface area contributed by atoms with Crippen LogP contribution in [-0.4, -0.2) is 18.2 Å². The smallest absolute Gasteiger partial charge is 0.234 e. The Morgan fingerprint density at radius 1 is 1.56 bits per heavy atom. The van der Waals surface area contributed by atoms with Crippen molar-refractivity contribution in [1.82, 2.24) is 0 Å². The van der Waals surface area contributed by atoms with Crippen LogP contribution in [0.2, 0.25) is 0 Å². The molecule has 0 atom stereocenters. The summed E-state index contributed by atoms with van der Waals surface area (Å²) in [5.41, 5.74) is 1.78. The van der Waals surface area contributed by atoms with E-state index in [0.29, 0.717) is 18.7 Å². The van der Waals surface area contributed by atoms with Crippen LogP contribution in [0.4, 0.5) is 11.4 Å². The Bertz CT molecular complexity index is 453. The molecule has 0 radical (unpaired) electrons. The Labute approximate surface area is 98.0 Å². The molecule has 1 aliphatic rings. The van der Waals surface area contributed by atoms with Crippen molar-refractivity contribution < 1.29 is 4.79 Å². The number of nitrogens with zero attached hydrogens (tertiary/aromatic N) is 1. The number of thioether (sulfide) groups is 1. The Balaban J connectivity index is 2.09. The van der Waals surface area contributed by atoms with Gasteiger partial charge in [0.15, 0.2) is 0 Å². The van der Waals surface area contributed by atoms with E-state index in [-0.39, 0.29) is 5.91 Å². The Morgan fingerprint density at radius 3 is 3.25 bits per heavy atom. The van der Waals surface area contributed by atoms with Crippen molar-refractivity contribution in [3.63, 3.8) is 0 Å². The van der Waals surface area contributed by atoms with Crippen molar-refractivity contribution in [2.75, 3.05) is 22.9 Å². The number of amides is 1. The molecule has 1 aliphatic heterocycles. The Hall–Kier alpha value is -1.67. The van der Waals surface area contributed by atoms with E-state index in [9.17, 15) is 4.79 Å². The minimum Gasteiger partial charge on any atom is -0.384 e. The molecule has 1 aromatic carbocycles. The summed E-state index contributed by atoms with van der Waals surface area (Å²) < 4.78 is 0. The predicted octanol–water partition coefficient (Wildman–Crippen LogP) is 2.06. The van der Waals surface area contributed by atoms with Gasteiger partial charge in [0.25, 0.3) is 0 Å². The lowest BCUT2D eigenvalue weighted by Gasteiger charge is -2.17. The fourth-order valence-corrected chi connectivity index (χ4v) is 2.24. The van der Waals surface area contributed by atoms with Crippen LogP contribution in [0.5, 0.6) is 0 Å². The first-order valence-corrected chi connectivity index (χ1v) is 5.95. The predicted molar refractivity (Wildman–Crippen MR) is 64.5 cm³/mol.